The topological polar surface area (TPSA) is 48.7 Å². The van der Waals surface area contributed by atoms with Gasteiger partial charge in [0, 0.05) is 21.7 Å². The fraction of sp³-hybridized carbons (Fsp3) is 0.111. The molecule has 26 heavy (non-hydrogen) atoms. The lowest BCUT2D eigenvalue weighted by Gasteiger charge is -2.05. The van der Waals surface area contributed by atoms with Crippen molar-refractivity contribution in [3.63, 3.8) is 0 Å². The Hall–Kier alpha value is -2.22. The fourth-order valence-electron chi connectivity index (χ4n) is 2.83. The first-order chi connectivity index (χ1) is 12.8. The number of aromatic nitrogens is 3. The minimum absolute atomic E-state index is 0.285. The molecule has 0 spiro atoms. The van der Waals surface area contributed by atoms with Gasteiger partial charge >= 0.3 is 0 Å². The Kier molecular flexibility index (Phi) is 4.00. The fourth-order valence-corrected chi connectivity index (χ4v) is 4.83. The van der Waals surface area contributed by atoms with E-state index in [1.807, 2.05) is 42.5 Å². The van der Waals surface area contributed by atoms with Crippen LogP contribution in [0.3, 0.4) is 0 Å². The normalized spacial score (nSPS) is 12.8. The van der Waals surface area contributed by atoms with Crippen LogP contribution in [0.4, 0.5) is 0 Å². The molecular weight excluding hydrogens is 390 g/mol. The smallest absolute Gasteiger partial charge is 0.231 e. The number of nitrogens with zero attached hydrogens (tertiary/aromatic N) is 3. The summed E-state index contributed by atoms with van der Waals surface area (Å²) in [4.78, 5) is 0.855. The highest BCUT2D eigenvalue weighted by atomic mass is 35.5. The average Bonchev–Trinajstić information content (AvgIpc) is 3.37. The van der Waals surface area contributed by atoms with E-state index in [-0.39, 0.29) is 6.79 Å². The van der Waals surface area contributed by atoms with Gasteiger partial charge in [0.15, 0.2) is 16.7 Å². The first-order valence-corrected chi connectivity index (χ1v) is 10.1. The van der Waals surface area contributed by atoms with Gasteiger partial charge < -0.3 is 9.47 Å². The van der Waals surface area contributed by atoms with Crippen LogP contribution in [0.2, 0.25) is 5.02 Å². The molecule has 2 aromatic carbocycles. The highest BCUT2D eigenvalue weighted by molar-refractivity contribution is 7.98. The molecule has 1 aliphatic heterocycles. The number of thioether (sulfide) groups is 1. The molecule has 5 nitrogen and oxygen atoms in total. The zero-order valence-corrected chi connectivity index (χ0v) is 15.8. The van der Waals surface area contributed by atoms with Crippen molar-refractivity contribution in [1.82, 2.24) is 14.6 Å². The monoisotopic (exact) mass is 401 g/mol. The van der Waals surface area contributed by atoms with Gasteiger partial charge in [0.05, 0.1) is 5.69 Å². The maximum absolute atomic E-state index is 6.38. The number of rotatable bonds is 4. The van der Waals surface area contributed by atoms with E-state index in [4.69, 9.17) is 21.1 Å². The third-order valence-electron chi connectivity index (χ3n) is 4.08. The third kappa shape index (κ3) is 2.72. The number of halogens is 1. The van der Waals surface area contributed by atoms with Gasteiger partial charge in [0.2, 0.25) is 11.8 Å². The Labute approximate surface area is 162 Å². The molecule has 0 atom stereocenters. The van der Waals surface area contributed by atoms with E-state index in [0.717, 1.165) is 44.2 Å². The van der Waals surface area contributed by atoms with Crippen molar-refractivity contribution >= 4 is 39.7 Å². The second-order valence-corrected chi connectivity index (χ2v) is 7.86. The lowest BCUT2D eigenvalue weighted by molar-refractivity contribution is 0.174. The largest absolute Gasteiger partial charge is 0.454 e. The molecule has 0 saturated heterocycles. The molecule has 8 heteroatoms. The molecule has 2 aromatic heterocycles. The number of hydrogen-bond donors (Lipinski definition) is 0. The second-order valence-electron chi connectivity index (χ2n) is 5.68. The second kappa shape index (κ2) is 6.50. The molecule has 0 bridgehead atoms. The van der Waals surface area contributed by atoms with E-state index in [9.17, 15) is 0 Å². The van der Waals surface area contributed by atoms with Crippen LogP contribution < -0.4 is 9.47 Å². The predicted molar refractivity (Wildman–Crippen MR) is 103 cm³/mol. The Morgan fingerprint density at radius 1 is 1.12 bits per heavy atom. The predicted octanol–water partition coefficient (Wildman–Crippen LogP) is 5.13. The van der Waals surface area contributed by atoms with Crippen molar-refractivity contribution in [2.45, 2.75) is 10.9 Å². The highest BCUT2D eigenvalue weighted by Gasteiger charge is 2.17. The van der Waals surface area contributed by atoms with Crippen LogP contribution in [0, 0.1) is 0 Å². The molecule has 0 unspecified atom stereocenters. The van der Waals surface area contributed by atoms with Crippen LogP contribution in [0.15, 0.2) is 53.0 Å². The summed E-state index contributed by atoms with van der Waals surface area (Å²) in [5.74, 6) is 2.35. The van der Waals surface area contributed by atoms with Crippen LogP contribution in [0.5, 0.6) is 11.5 Å². The molecule has 0 radical (unpaired) electrons. The molecule has 0 amide bonds. The first-order valence-electron chi connectivity index (χ1n) is 7.88. The SMILES string of the molecule is Clc1ccccc1-c1csc2nnc(SCc3ccc4c(c3)OCO4)n12. The molecule has 5 rings (SSSR count). The number of fused-ring (bicyclic) bond motifs is 2. The van der Waals surface area contributed by atoms with E-state index in [1.54, 1.807) is 23.1 Å². The van der Waals surface area contributed by atoms with Crippen LogP contribution in [-0.2, 0) is 5.75 Å². The molecular formula is C18H12ClN3O2S2. The quantitative estimate of drug-likeness (QED) is 0.443. The van der Waals surface area contributed by atoms with Crippen molar-refractivity contribution in [2.24, 2.45) is 0 Å². The Bertz CT molecular complexity index is 1110. The molecule has 0 saturated carbocycles. The Morgan fingerprint density at radius 3 is 2.92 bits per heavy atom. The van der Waals surface area contributed by atoms with Crippen LogP contribution in [0.1, 0.15) is 5.56 Å². The summed E-state index contributed by atoms with van der Waals surface area (Å²) < 4.78 is 12.9. The molecule has 3 heterocycles. The lowest BCUT2D eigenvalue weighted by atomic mass is 10.2. The summed E-state index contributed by atoms with van der Waals surface area (Å²) in [7, 11) is 0. The van der Waals surface area contributed by atoms with Gasteiger partial charge in [-0.15, -0.1) is 21.5 Å². The standard InChI is InChI=1S/C18H12ClN3O2S2/c19-13-4-2-1-3-12(13)14-9-26-18-21-20-17(22(14)18)25-8-11-5-6-15-16(7-11)24-10-23-15/h1-7,9H,8,10H2. The number of thiazole rings is 1. The van der Waals surface area contributed by atoms with Gasteiger partial charge in [0.25, 0.3) is 0 Å². The summed E-state index contributed by atoms with van der Waals surface area (Å²) in [6.45, 7) is 0.285. The zero-order chi connectivity index (χ0) is 17.5. The molecule has 0 fully saturated rings. The van der Waals surface area contributed by atoms with Crippen molar-refractivity contribution in [2.75, 3.05) is 6.79 Å². The van der Waals surface area contributed by atoms with Gasteiger partial charge in [-0.2, -0.15) is 0 Å². The van der Waals surface area contributed by atoms with Crippen LogP contribution in [0.25, 0.3) is 16.2 Å². The minimum atomic E-state index is 0.285. The van der Waals surface area contributed by atoms with Crippen molar-refractivity contribution in [1.29, 1.82) is 0 Å². The van der Waals surface area contributed by atoms with E-state index in [2.05, 4.69) is 20.0 Å². The summed E-state index contributed by atoms with van der Waals surface area (Å²) >= 11 is 9.57. The number of benzene rings is 2. The Balaban J connectivity index is 1.46. The van der Waals surface area contributed by atoms with Gasteiger partial charge in [-0.25, -0.2) is 0 Å². The molecule has 0 aliphatic carbocycles. The van der Waals surface area contributed by atoms with Gasteiger partial charge in [0.1, 0.15) is 0 Å². The summed E-state index contributed by atoms with van der Waals surface area (Å²) in [5.41, 5.74) is 3.13. The molecule has 130 valence electrons. The lowest BCUT2D eigenvalue weighted by Crippen LogP contribution is -1.93. The van der Waals surface area contributed by atoms with Gasteiger partial charge in [-0.1, -0.05) is 47.6 Å². The third-order valence-corrected chi connectivity index (χ3v) is 6.22. The van der Waals surface area contributed by atoms with E-state index < -0.39 is 0 Å². The molecule has 0 N–H and O–H groups in total. The maximum Gasteiger partial charge on any atom is 0.231 e. The summed E-state index contributed by atoms with van der Waals surface area (Å²) in [6.07, 6.45) is 0. The van der Waals surface area contributed by atoms with E-state index >= 15 is 0 Å². The average molecular weight is 402 g/mol. The molecule has 4 aromatic rings. The van der Waals surface area contributed by atoms with Crippen LogP contribution in [-0.4, -0.2) is 21.4 Å². The van der Waals surface area contributed by atoms with Crippen molar-refractivity contribution in [3.8, 4) is 22.8 Å². The minimum Gasteiger partial charge on any atom is -0.454 e. The summed E-state index contributed by atoms with van der Waals surface area (Å²) in [5, 5.41) is 12.3. The van der Waals surface area contributed by atoms with Crippen molar-refractivity contribution < 1.29 is 9.47 Å². The number of hydrogen-bond acceptors (Lipinski definition) is 6. The van der Waals surface area contributed by atoms with Crippen LogP contribution >= 0.6 is 34.7 Å². The van der Waals surface area contributed by atoms with E-state index in [0.29, 0.717) is 5.02 Å². The van der Waals surface area contributed by atoms with E-state index in [1.165, 1.54) is 0 Å². The summed E-state index contributed by atoms with van der Waals surface area (Å²) in [6, 6.07) is 13.8. The first kappa shape index (κ1) is 16.0. The molecule has 1 aliphatic rings. The maximum atomic E-state index is 6.38. The zero-order valence-electron chi connectivity index (χ0n) is 13.4. The van der Waals surface area contributed by atoms with Gasteiger partial charge in [-0.05, 0) is 23.8 Å². The van der Waals surface area contributed by atoms with Crippen molar-refractivity contribution in [3.05, 3.63) is 58.4 Å². The highest BCUT2D eigenvalue weighted by Crippen LogP contribution is 2.36. The number of ether oxygens (including phenoxy) is 2. The Morgan fingerprint density at radius 2 is 2.00 bits per heavy atom. The van der Waals surface area contributed by atoms with Gasteiger partial charge in [-0.3, -0.25) is 4.40 Å².